The van der Waals surface area contributed by atoms with Gasteiger partial charge in [0.15, 0.2) is 5.78 Å². The number of Topliss-reactive ketones (excluding diaryl/α,β-unsaturated/α-hetero) is 1. The Morgan fingerprint density at radius 3 is 2.14 bits per heavy atom. The molecule has 0 aliphatic carbocycles. The van der Waals surface area contributed by atoms with Crippen molar-refractivity contribution in [3.63, 3.8) is 0 Å². The average Bonchev–Trinajstić information content (AvgIpc) is 2.64. The Hall–Kier alpha value is -2.64. The highest BCUT2D eigenvalue weighted by Gasteiger charge is 2.26. The van der Waals surface area contributed by atoms with Gasteiger partial charge in [-0.1, -0.05) is 23.2 Å². The van der Waals surface area contributed by atoms with Crippen LogP contribution in [0, 0.1) is 6.92 Å². The van der Waals surface area contributed by atoms with Gasteiger partial charge >= 0.3 is 0 Å². The zero-order chi connectivity index (χ0) is 20.8. The van der Waals surface area contributed by atoms with Gasteiger partial charge in [-0.15, -0.1) is 0 Å². The molecular formula is C19H19Cl2N3O4. The molecule has 0 spiro atoms. The smallest absolute Gasteiger partial charge is 0.259 e. The maximum atomic E-state index is 12.7. The predicted octanol–water partition coefficient (Wildman–Crippen LogP) is 5.00. The summed E-state index contributed by atoms with van der Waals surface area (Å²) in [5, 5.41) is 11.5. The number of methoxy groups -OCH3 is 2. The van der Waals surface area contributed by atoms with Crippen molar-refractivity contribution in [3.8, 4) is 11.5 Å². The molecule has 0 saturated carbocycles. The third kappa shape index (κ3) is 5.21. The fourth-order valence-electron chi connectivity index (χ4n) is 2.36. The number of ether oxygens (including phenoxy) is 2. The molecule has 1 unspecified atom stereocenters. The number of benzene rings is 2. The van der Waals surface area contributed by atoms with E-state index in [0.29, 0.717) is 15.7 Å². The molecule has 28 heavy (non-hydrogen) atoms. The van der Waals surface area contributed by atoms with Crippen molar-refractivity contribution in [2.45, 2.75) is 19.9 Å². The first-order valence-corrected chi connectivity index (χ1v) is 8.92. The number of rotatable bonds is 7. The maximum Gasteiger partial charge on any atom is 0.259 e. The van der Waals surface area contributed by atoms with Gasteiger partial charge in [-0.2, -0.15) is 10.2 Å². The van der Waals surface area contributed by atoms with Gasteiger partial charge in [0, 0.05) is 22.2 Å². The summed E-state index contributed by atoms with van der Waals surface area (Å²) in [5.74, 6) is -0.586. The van der Waals surface area contributed by atoms with Crippen molar-refractivity contribution in [3.05, 3.63) is 45.9 Å². The molecule has 1 atom stereocenters. The van der Waals surface area contributed by atoms with Crippen LogP contribution in [-0.2, 0) is 9.59 Å². The second-order valence-electron chi connectivity index (χ2n) is 5.83. The molecule has 0 aromatic heterocycles. The van der Waals surface area contributed by atoms with Crippen molar-refractivity contribution in [1.29, 1.82) is 0 Å². The minimum absolute atomic E-state index is 0.239. The first kappa shape index (κ1) is 21.7. The van der Waals surface area contributed by atoms with E-state index in [0.717, 1.165) is 5.56 Å². The minimum atomic E-state index is -1.35. The second-order valence-corrected chi connectivity index (χ2v) is 6.71. The van der Waals surface area contributed by atoms with Gasteiger partial charge in [-0.3, -0.25) is 9.59 Å². The van der Waals surface area contributed by atoms with E-state index >= 15 is 0 Å². The summed E-state index contributed by atoms with van der Waals surface area (Å²) in [6, 6.07) is 6.70. The van der Waals surface area contributed by atoms with Crippen molar-refractivity contribution in [2.24, 2.45) is 10.2 Å². The molecule has 0 radical (unpaired) electrons. The van der Waals surface area contributed by atoms with Crippen LogP contribution in [0.5, 0.6) is 11.5 Å². The fraction of sp³-hybridized carbons (Fsp3) is 0.263. The van der Waals surface area contributed by atoms with Gasteiger partial charge in [0.1, 0.15) is 17.2 Å². The van der Waals surface area contributed by atoms with Crippen LogP contribution in [0.1, 0.15) is 12.5 Å². The van der Waals surface area contributed by atoms with Crippen LogP contribution in [-0.4, -0.2) is 32.0 Å². The number of ketones is 1. The first-order chi connectivity index (χ1) is 13.3. The van der Waals surface area contributed by atoms with Gasteiger partial charge in [-0.25, -0.2) is 0 Å². The number of halogens is 2. The molecule has 7 nitrogen and oxygen atoms in total. The van der Waals surface area contributed by atoms with Crippen LogP contribution in [0.3, 0.4) is 0 Å². The van der Waals surface area contributed by atoms with Crippen molar-refractivity contribution in [1.82, 2.24) is 0 Å². The van der Waals surface area contributed by atoms with E-state index in [9.17, 15) is 9.59 Å². The van der Waals surface area contributed by atoms with E-state index in [1.54, 1.807) is 25.1 Å². The van der Waals surface area contributed by atoms with Crippen LogP contribution >= 0.6 is 23.2 Å². The third-order valence-corrected chi connectivity index (χ3v) is 4.25. The highest BCUT2D eigenvalue weighted by molar-refractivity contribution is 6.31. The number of aryl methyl sites for hydroxylation is 1. The molecular weight excluding hydrogens is 405 g/mol. The third-order valence-electron chi connectivity index (χ3n) is 3.79. The zero-order valence-corrected chi connectivity index (χ0v) is 17.3. The van der Waals surface area contributed by atoms with Crippen molar-refractivity contribution in [2.75, 3.05) is 19.5 Å². The number of hydrogen-bond donors (Lipinski definition) is 1. The average molecular weight is 424 g/mol. The number of carbonyl (C=O) groups excluding carboxylic acids is 2. The van der Waals surface area contributed by atoms with E-state index in [2.05, 4.69) is 15.5 Å². The summed E-state index contributed by atoms with van der Waals surface area (Å²) >= 11 is 11.9. The van der Waals surface area contributed by atoms with Crippen molar-refractivity contribution >= 4 is 46.3 Å². The van der Waals surface area contributed by atoms with E-state index < -0.39 is 17.7 Å². The Morgan fingerprint density at radius 2 is 1.64 bits per heavy atom. The molecule has 2 aromatic rings. The second kappa shape index (κ2) is 9.52. The standard InChI is InChI=1S/C19H19Cl2N3O4/c1-10-7-12(20)5-6-14(10)23-24-17(11(2)25)19(26)22-18-15(27-3)8-13(21)9-16(18)28-4/h5-9,17H,1-4H3,(H,22,26). The number of nitrogens with zero attached hydrogens (tertiary/aromatic N) is 2. The Labute approximate surface area is 172 Å². The number of carbonyl (C=O) groups is 2. The van der Waals surface area contributed by atoms with Gasteiger partial charge < -0.3 is 14.8 Å². The highest BCUT2D eigenvalue weighted by Crippen LogP contribution is 2.38. The summed E-state index contributed by atoms with van der Waals surface area (Å²) in [4.78, 5) is 24.7. The minimum Gasteiger partial charge on any atom is -0.494 e. The molecule has 0 saturated heterocycles. The first-order valence-electron chi connectivity index (χ1n) is 8.16. The number of anilines is 1. The summed E-state index contributed by atoms with van der Waals surface area (Å²) in [6.45, 7) is 3.06. The van der Waals surface area contributed by atoms with Gasteiger partial charge in [0.05, 0.1) is 19.9 Å². The Bertz CT molecular complexity index is 906. The zero-order valence-electron chi connectivity index (χ0n) is 15.7. The van der Waals surface area contributed by atoms with E-state index in [4.69, 9.17) is 32.7 Å². The topological polar surface area (TPSA) is 89.3 Å². The van der Waals surface area contributed by atoms with Crippen LogP contribution in [0.25, 0.3) is 0 Å². The molecule has 2 aromatic carbocycles. The molecule has 1 amide bonds. The molecule has 0 heterocycles. The quantitative estimate of drug-likeness (QED) is 0.501. The Morgan fingerprint density at radius 1 is 1.04 bits per heavy atom. The molecule has 0 bridgehead atoms. The van der Waals surface area contributed by atoms with Crippen LogP contribution in [0.4, 0.5) is 11.4 Å². The van der Waals surface area contributed by atoms with E-state index in [1.165, 1.54) is 33.3 Å². The molecule has 1 N–H and O–H groups in total. The van der Waals surface area contributed by atoms with Crippen LogP contribution in [0.15, 0.2) is 40.6 Å². The monoisotopic (exact) mass is 423 g/mol. The highest BCUT2D eigenvalue weighted by atomic mass is 35.5. The van der Waals surface area contributed by atoms with Crippen LogP contribution < -0.4 is 14.8 Å². The normalized spacial score (nSPS) is 11.9. The van der Waals surface area contributed by atoms with E-state index in [-0.39, 0.29) is 17.2 Å². The lowest BCUT2D eigenvalue weighted by atomic mass is 10.2. The lowest BCUT2D eigenvalue weighted by Gasteiger charge is -2.16. The lowest BCUT2D eigenvalue weighted by molar-refractivity contribution is -0.126. The number of azo groups is 1. The Kier molecular flexibility index (Phi) is 7.37. The van der Waals surface area contributed by atoms with Crippen molar-refractivity contribution < 1.29 is 19.1 Å². The molecule has 0 aliphatic heterocycles. The largest absolute Gasteiger partial charge is 0.494 e. The number of amides is 1. The molecule has 2 rings (SSSR count). The lowest BCUT2D eigenvalue weighted by Crippen LogP contribution is -2.32. The summed E-state index contributed by atoms with van der Waals surface area (Å²) in [5.41, 5.74) is 1.51. The number of nitrogens with one attached hydrogen (secondary N) is 1. The van der Waals surface area contributed by atoms with Gasteiger partial charge in [-0.05, 0) is 37.6 Å². The summed E-state index contributed by atoms with van der Waals surface area (Å²) in [6.07, 6.45) is 0. The molecule has 148 valence electrons. The van der Waals surface area contributed by atoms with Gasteiger partial charge in [0.25, 0.3) is 5.91 Å². The molecule has 0 fully saturated rings. The fourth-order valence-corrected chi connectivity index (χ4v) is 2.79. The SMILES string of the molecule is COc1cc(Cl)cc(OC)c1NC(=O)C(N=Nc1ccc(Cl)cc1C)C(C)=O. The van der Waals surface area contributed by atoms with E-state index in [1.807, 2.05) is 0 Å². The van der Waals surface area contributed by atoms with Gasteiger partial charge in [0.2, 0.25) is 6.04 Å². The summed E-state index contributed by atoms with van der Waals surface area (Å²) in [7, 11) is 2.85. The maximum absolute atomic E-state index is 12.7. The molecule has 0 aliphatic rings. The Balaban J connectivity index is 2.32. The predicted molar refractivity (Wildman–Crippen MR) is 108 cm³/mol. The number of hydrogen-bond acceptors (Lipinski definition) is 6. The summed E-state index contributed by atoms with van der Waals surface area (Å²) < 4.78 is 10.5. The van der Waals surface area contributed by atoms with Crippen LogP contribution in [0.2, 0.25) is 10.0 Å². The molecule has 9 heteroatoms.